The van der Waals surface area contributed by atoms with E-state index in [1.54, 1.807) is 0 Å². The van der Waals surface area contributed by atoms with Gasteiger partial charge in [0.15, 0.2) is 5.78 Å². The van der Waals surface area contributed by atoms with Gasteiger partial charge in [-0.1, -0.05) is 96.8 Å². The molecule has 0 bridgehead atoms. The molecule has 2 N–H and O–H groups in total. The van der Waals surface area contributed by atoms with Crippen LogP contribution in [0.1, 0.15) is 117 Å². The summed E-state index contributed by atoms with van der Waals surface area (Å²) >= 11 is 0. The Balaban J connectivity index is 0. The van der Waals surface area contributed by atoms with Gasteiger partial charge in [-0.15, -0.1) is 0 Å². The number of carbonyl (C=O) groups is 2. The average Bonchev–Trinajstić information content (AvgIpc) is 2.57. The van der Waals surface area contributed by atoms with Gasteiger partial charge in [0.25, 0.3) is 0 Å². The number of hydrogen-bond acceptors (Lipinski definition) is 3. The van der Waals surface area contributed by atoms with Gasteiger partial charge in [-0.3, -0.25) is 4.79 Å². The summed E-state index contributed by atoms with van der Waals surface area (Å²) in [5.41, 5.74) is -2.23. The maximum absolute atomic E-state index is 11.6. The maximum Gasteiger partial charge on any atom is 0.343 e. The van der Waals surface area contributed by atoms with Gasteiger partial charge >= 0.3 is 5.97 Å². The average molecular weight is 380 g/mol. The van der Waals surface area contributed by atoms with Crippen LogP contribution in [0, 0.1) is 0 Å². The van der Waals surface area contributed by atoms with E-state index in [0.717, 1.165) is 19.8 Å². The fourth-order valence-corrected chi connectivity index (χ4v) is 3.02. The molecule has 1 unspecified atom stereocenters. The molecule has 4 nitrogen and oxygen atoms in total. The zero-order valence-electron chi connectivity index (χ0n) is 17.5. The first-order valence-corrected chi connectivity index (χ1v) is 10.4. The van der Waals surface area contributed by atoms with Gasteiger partial charge in [0.2, 0.25) is 5.60 Å². The second-order valence-electron chi connectivity index (χ2n) is 7.50. The number of unbranched alkanes of at least 4 members (excludes halogenated alkanes) is 14. The van der Waals surface area contributed by atoms with E-state index in [-0.39, 0.29) is 36.0 Å². The van der Waals surface area contributed by atoms with Gasteiger partial charge in [0.05, 0.1) is 0 Å². The monoisotopic (exact) mass is 379 g/mol. The van der Waals surface area contributed by atoms with Crippen molar-refractivity contribution in [2.24, 2.45) is 0 Å². The fourth-order valence-electron chi connectivity index (χ4n) is 3.02. The SMILES string of the molecule is CCCCCCCCCCCCCCCCCC(=O)C(C)(O)C(=O)O.[Na]. The molecule has 26 heavy (non-hydrogen) atoms. The van der Waals surface area contributed by atoms with Crippen LogP contribution < -0.4 is 0 Å². The Bertz CT molecular complexity index is 356. The number of carboxylic acid groups (broad SMARTS) is 1. The van der Waals surface area contributed by atoms with Crippen molar-refractivity contribution in [3.8, 4) is 0 Å². The second kappa shape index (κ2) is 18.5. The molecule has 149 valence electrons. The van der Waals surface area contributed by atoms with Gasteiger partial charge in [-0.05, 0) is 13.3 Å². The predicted octanol–water partition coefficient (Wildman–Crippen LogP) is 5.27. The van der Waals surface area contributed by atoms with E-state index in [1.165, 1.54) is 77.0 Å². The standard InChI is InChI=1S/C21H40O4.Na/c1-3-4-5-6-7-8-9-10-11-12-13-14-15-16-17-18-19(22)21(2,25)20(23)24;/h25H,3-18H2,1-2H3,(H,23,24);. The second-order valence-corrected chi connectivity index (χ2v) is 7.50. The van der Waals surface area contributed by atoms with E-state index in [2.05, 4.69) is 6.92 Å². The van der Waals surface area contributed by atoms with Gasteiger partial charge in [-0.2, -0.15) is 0 Å². The zero-order valence-corrected chi connectivity index (χ0v) is 19.5. The number of carboxylic acids is 1. The van der Waals surface area contributed by atoms with Crippen LogP contribution >= 0.6 is 0 Å². The number of aliphatic hydroxyl groups is 1. The van der Waals surface area contributed by atoms with Crippen LogP contribution in [-0.4, -0.2) is 57.1 Å². The number of aliphatic carboxylic acids is 1. The van der Waals surface area contributed by atoms with Crippen LogP contribution in [0.3, 0.4) is 0 Å². The van der Waals surface area contributed by atoms with E-state index in [4.69, 9.17) is 5.11 Å². The van der Waals surface area contributed by atoms with Crippen LogP contribution in [0.5, 0.6) is 0 Å². The molecular weight excluding hydrogens is 339 g/mol. The van der Waals surface area contributed by atoms with Crippen molar-refractivity contribution in [2.45, 2.75) is 122 Å². The first-order valence-electron chi connectivity index (χ1n) is 10.4. The van der Waals surface area contributed by atoms with Crippen LogP contribution in [0.2, 0.25) is 0 Å². The first-order chi connectivity index (χ1) is 11.9. The van der Waals surface area contributed by atoms with E-state index in [1.807, 2.05) is 0 Å². The van der Waals surface area contributed by atoms with Crippen molar-refractivity contribution < 1.29 is 19.8 Å². The number of Topliss-reactive ketones (excluding diaryl/α,β-unsaturated/α-hetero) is 1. The Hall–Kier alpha value is 0.100. The molecule has 0 amide bonds. The van der Waals surface area contributed by atoms with Gasteiger partial charge < -0.3 is 10.2 Å². The molecule has 0 aliphatic rings. The van der Waals surface area contributed by atoms with Crippen LogP contribution in [0.15, 0.2) is 0 Å². The zero-order chi connectivity index (χ0) is 19.0. The number of carbonyl (C=O) groups excluding carboxylic acids is 1. The Morgan fingerprint density at radius 2 is 1.00 bits per heavy atom. The molecular formula is C21H40NaO4. The number of hydrogen-bond donors (Lipinski definition) is 2. The molecule has 0 spiro atoms. The summed E-state index contributed by atoms with van der Waals surface area (Å²) in [5, 5.41) is 18.3. The molecule has 0 aromatic heterocycles. The topological polar surface area (TPSA) is 74.6 Å². The van der Waals surface area contributed by atoms with E-state index < -0.39 is 17.4 Å². The van der Waals surface area contributed by atoms with E-state index in [9.17, 15) is 14.7 Å². The first kappa shape index (κ1) is 28.3. The third-order valence-electron chi connectivity index (χ3n) is 4.97. The largest absolute Gasteiger partial charge is 0.479 e. The molecule has 0 saturated heterocycles. The minimum Gasteiger partial charge on any atom is -0.479 e. The third kappa shape index (κ3) is 15.2. The van der Waals surface area contributed by atoms with Crippen LogP contribution in [0.25, 0.3) is 0 Å². The van der Waals surface area contributed by atoms with Crippen molar-refractivity contribution in [1.29, 1.82) is 0 Å². The summed E-state index contributed by atoms with van der Waals surface area (Å²) in [6, 6.07) is 0. The number of rotatable bonds is 18. The molecule has 1 atom stereocenters. The molecule has 0 aromatic carbocycles. The minimum absolute atomic E-state index is 0. The minimum atomic E-state index is -2.23. The molecule has 0 rings (SSSR count). The summed E-state index contributed by atoms with van der Waals surface area (Å²) in [6.07, 6.45) is 18.9. The normalized spacial score (nSPS) is 13.0. The Morgan fingerprint density at radius 3 is 1.31 bits per heavy atom. The predicted molar refractivity (Wildman–Crippen MR) is 109 cm³/mol. The summed E-state index contributed by atoms with van der Waals surface area (Å²) in [6.45, 7) is 3.31. The summed E-state index contributed by atoms with van der Waals surface area (Å²) in [5.74, 6) is -2.05. The molecule has 1 radical (unpaired) electrons. The van der Waals surface area contributed by atoms with E-state index in [0.29, 0.717) is 6.42 Å². The molecule has 0 aliphatic carbocycles. The van der Waals surface area contributed by atoms with Gasteiger partial charge in [0.1, 0.15) is 0 Å². The van der Waals surface area contributed by atoms with Crippen molar-refractivity contribution in [3.05, 3.63) is 0 Å². The van der Waals surface area contributed by atoms with Crippen molar-refractivity contribution >= 4 is 41.3 Å². The Morgan fingerprint density at radius 1 is 0.692 bits per heavy atom. The Kier molecular flexibility index (Phi) is 20.1. The quantitative estimate of drug-likeness (QED) is 0.193. The number of ketones is 1. The molecule has 0 fully saturated rings. The van der Waals surface area contributed by atoms with Crippen molar-refractivity contribution in [2.75, 3.05) is 0 Å². The third-order valence-corrected chi connectivity index (χ3v) is 4.97. The van der Waals surface area contributed by atoms with Crippen molar-refractivity contribution in [1.82, 2.24) is 0 Å². The molecule has 0 saturated carbocycles. The molecule has 5 heteroatoms. The van der Waals surface area contributed by atoms with Crippen LogP contribution in [0.4, 0.5) is 0 Å². The molecule has 0 aromatic rings. The summed E-state index contributed by atoms with van der Waals surface area (Å²) < 4.78 is 0. The van der Waals surface area contributed by atoms with Crippen molar-refractivity contribution in [3.63, 3.8) is 0 Å². The summed E-state index contributed by atoms with van der Waals surface area (Å²) in [4.78, 5) is 22.4. The molecule has 0 heterocycles. The smallest absolute Gasteiger partial charge is 0.343 e. The summed E-state index contributed by atoms with van der Waals surface area (Å²) in [7, 11) is 0. The maximum atomic E-state index is 11.6. The fraction of sp³-hybridized carbons (Fsp3) is 0.905. The van der Waals surface area contributed by atoms with Gasteiger partial charge in [0, 0.05) is 36.0 Å². The molecule has 0 aliphatic heterocycles. The Labute approximate surface area is 182 Å². The van der Waals surface area contributed by atoms with Gasteiger partial charge in [-0.25, -0.2) is 4.79 Å². The van der Waals surface area contributed by atoms with Crippen LogP contribution in [-0.2, 0) is 9.59 Å². The van der Waals surface area contributed by atoms with E-state index >= 15 is 0 Å².